The maximum atomic E-state index is 12.5. The Balaban J connectivity index is 1.65. The summed E-state index contributed by atoms with van der Waals surface area (Å²) in [6, 6.07) is 8.84. The van der Waals surface area contributed by atoms with Crippen LogP contribution in [0.4, 0.5) is 0 Å². The molecule has 0 saturated carbocycles. The summed E-state index contributed by atoms with van der Waals surface area (Å²) in [5.41, 5.74) is 1.69. The number of furan rings is 1. The van der Waals surface area contributed by atoms with Crippen LogP contribution in [0.2, 0.25) is 0 Å². The number of benzene rings is 1. The molecule has 2 aliphatic rings. The first-order valence-electron chi connectivity index (χ1n) is 7.40. The van der Waals surface area contributed by atoms with Crippen LogP contribution in [0.25, 0.3) is 11.3 Å². The Labute approximate surface area is 127 Å². The van der Waals surface area contributed by atoms with Crippen molar-refractivity contribution in [2.75, 3.05) is 13.2 Å². The van der Waals surface area contributed by atoms with Gasteiger partial charge in [-0.1, -0.05) is 6.07 Å². The molecule has 5 heteroatoms. The quantitative estimate of drug-likeness (QED) is 0.817. The summed E-state index contributed by atoms with van der Waals surface area (Å²) >= 11 is 0. The van der Waals surface area contributed by atoms with Crippen molar-refractivity contribution in [3.8, 4) is 11.3 Å². The molecule has 2 aromatic rings. The minimum Gasteiger partial charge on any atom is -0.464 e. The predicted octanol–water partition coefficient (Wildman–Crippen LogP) is 2.72. The molecule has 2 amide bonds. The normalized spacial score (nSPS) is 20.7. The third-order valence-electron chi connectivity index (χ3n) is 4.19. The molecule has 5 nitrogen and oxygen atoms in total. The smallest absolute Gasteiger partial charge is 0.261 e. The Morgan fingerprint density at radius 2 is 2.00 bits per heavy atom. The van der Waals surface area contributed by atoms with Crippen molar-refractivity contribution in [2.45, 2.75) is 18.9 Å². The zero-order chi connectivity index (χ0) is 15.1. The second kappa shape index (κ2) is 5.10. The number of hydrogen-bond donors (Lipinski definition) is 0. The lowest BCUT2D eigenvalue weighted by molar-refractivity contribution is 0.0475. The molecule has 0 aliphatic carbocycles. The first-order chi connectivity index (χ1) is 10.7. The Hall–Kier alpha value is -2.40. The Kier molecular flexibility index (Phi) is 3.08. The van der Waals surface area contributed by atoms with E-state index in [-0.39, 0.29) is 17.9 Å². The largest absolute Gasteiger partial charge is 0.464 e. The van der Waals surface area contributed by atoms with Gasteiger partial charge in [-0.3, -0.25) is 14.5 Å². The van der Waals surface area contributed by atoms with Crippen LogP contribution in [0.3, 0.4) is 0 Å². The van der Waals surface area contributed by atoms with E-state index in [1.54, 1.807) is 30.5 Å². The van der Waals surface area contributed by atoms with E-state index in [2.05, 4.69) is 0 Å². The Bertz CT molecular complexity index is 729. The van der Waals surface area contributed by atoms with Gasteiger partial charge in [0, 0.05) is 12.2 Å². The van der Waals surface area contributed by atoms with E-state index >= 15 is 0 Å². The van der Waals surface area contributed by atoms with E-state index in [4.69, 9.17) is 9.15 Å². The Morgan fingerprint density at radius 3 is 2.73 bits per heavy atom. The number of imide groups is 1. The number of carbonyl (C=O) groups excluding carboxylic acids is 2. The van der Waals surface area contributed by atoms with Crippen molar-refractivity contribution in [3.63, 3.8) is 0 Å². The standard InChI is InChI=1S/C17H15NO4/c19-16-13-6-5-11(15-4-2-8-22-15)9-14(13)17(20)18(16)10-12-3-1-7-21-12/h2,4-6,8-9,12H,1,3,7,10H2. The zero-order valence-corrected chi connectivity index (χ0v) is 12.0. The molecule has 22 heavy (non-hydrogen) atoms. The highest BCUT2D eigenvalue weighted by molar-refractivity contribution is 6.21. The number of hydrogen-bond acceptors (Lipinski definition) is 4. The molecule has 0 spiro atoms. The monoisotopic (exact) mass is 297 g/mol. The average molecular weight is 297 g/mol. The van der Waals surface area contributed by atoms with E-state index in [0.29, 0.717) is 30.0 Å². The molecule has 112 valence electrons. The van der Waals surface area contributed by atoms with Crippen molar-refractivity contribution < 1.29 is 18.7 Å². The van der Waals surface area contributed by atoms with Gasteiger partial charge in [-0.05, 0) is 37.1 Å². The van der Waals surface area contributed by atoms with Crippen LogP contribution in [0, 0.1) is 0 Å². The fourth-order valence-electron chi connectivity index (χ4n) is 3.04. The van der Waals surface area contributed by atoms with Crippen LogP contribution in [-0.2, 0) is 4.74 Å². The highest BCUT2D eigenvalue weighted by atomic mass is 16.5. The third kappa shape index (κ3) is 2.05. The minimum atomic E-state index is -0.246. The van der Waals surface area contributed by atoms with Crippen molar-refractivity contribution in [1.82, 2.24) is 4.90 Å². The van der Waals surface area contributed by atoms with Crippen molar-refractivity contribution in [1.29, 1.82) is 0 Å². The van der Waals surface area contributed by atoms with Crippen molar-refractivity contribution in [3.05, 3.63) is 47.7 Å². The minimum absolute atomic E-state index is 0.0354. The first-order valence-corrected chi connectivity index (χ1v) is 7.40. The van der Waals surface area contributed by atoms with Crippen molar-refractivity contribution >= 4 is 11.8 Å². The predicted molar refractivity (Wildman–Crippen MR) is 78.5 cm³/mol. The molecule has 0 radical (unpaired) electrons. The SMILES string of the molecule is O=C1c2ccc(-c3ccco3)cc2C(=O)N1CC1CCCO1. The molecule has 1 aromatic heterocycles. The number of carbonyl (C=O) groups is 2. The fourth-order valence-corrected chi connectivity index (χ4v) is 3.04. The van der Waals surface area contributed by atoms with Crippen LogP contribution >= 0.6 is 0 Å². The van der Waals surface area contributed by atoms with Gasteiger partial charge in [0.05, 0.1) is 30.0 Å². The molecule has 4 rings (SSSR count). The molecular formula is C17H15NO4. The molecule has 3 heterocycles. The van der Waals surface area contributed by atoms with Gasteiger partial charge in [0.25, 0.3) is 11.8 Å². The third-order valence-corrected chi connectivity index (χ3v) is 4.19. The van der Waals surface area contributed by atoms with Gasteiger partial charge in [0.15, 0.2) is 0 Å². The zero-order valence-electron chi connectivity index (χ0n) is 12.0. The maximum absolute atomic E-state index is 12.5. The lowest BCUT2D eigenvalue weighted by Crippen LogP contribution is -2.36. The molecule has 0 N–H and O–H groups in total. The number of ether oxygens (including phenoxy) is 1. The van der Waals surface area contributed by atoms with E-state index in [9.17, 15) is 9.59 Å². The molecule has 2 aliphatic heterocycles. The summed E-state index contributed by atoms with van der Waals surface area (Å²) in [6.07, 6.45) is 3.42. The molecule has 1 aromatic carbocycles. The van der Waals surface area contributed by atoms with Gasteiger partial charge in [-0.25, -0.2) is 0 Å². The molecule has 0 bridgehead atoms. The average Bonchev–Trinajstić information content (AvgIpc) is 3.26. The number of fused-ring (bicyclic) bond motifs is 1. The van der Waals surface area contributed by atoms with Gasteiger partial charge in [-0.15, -0.1) is 0 Å². The molecular weight excluding hydrogens is 282 g/mol. The number of rotatable bonds is 3. The fraction of sp³-hybridized carbons (Fsp3) is 0.294. The van der Waals surface area contributed by atoms with E-state index in [0.717, 1.165) is 18.4 Å². The lowest BCUT2D eigenvalue weighted by atomic mass is 10.0. The van der Waals surface area contributed by atoms with Crippen LogP contribution in [0.5, 0.6) is 0 Å². The van der Waals surface area contributed by atoms with Crippen LogP contribution in [0.15, 0.2) is 41.0 Å². The van der Waals surface area contributed by atoms with Crippen molar-refractivity contribution in [2.24, 2.45) is 0 Å². The number of amides is 2. The van der Waals surface area contributed by atoms with Crippen LogP contribution < -0.4 is 0 Å². The summed E-state index contributed by atoms with van der Waals surface area (Å²) in [7, 11) is 0. The van der Waals surface area contributed by atoms with E-state index < -0.39 is 0 Å². The Morgan fingerprint density at radius 1 is 1.14 bits per heavy atom. The molecule has 1 fully saturated rings. The molecule has 1 unspecified atom stereocenters. The highest BCUT2D eigenvalue weighted by Gasteiger charge is 2.37. The summed E-state index contributed by atoms with van der Waals surface area (Å²) < 4.78 is 10.9. The summed E-state index contributed by atoms with van der Waals surface area (Å²) in [6.45, 7) is 1.04. The number of nitrogens with zero attached hydrogens (tertiary/aromatic N) is 1. The molecule has 1 atom stereocenters. The first kappa shape index (κ1) is 13.3. The lowest BCUT2D eigenvalue weighted by Gasteiger charge is -2.17. The van der Waals surface area contributed by atoms with Gasteiger partial charge < -0.3 is 9.15 Å². The summed E-state index contributed by atoms with van der Waals surface area (Å²) in [5, 5.41) is 0. The summed E-state index contributed by atoms with van der Waals surface area (Å²) in [5.74, 6) is 0.200. The maximum Gasteiger partial charge on any atom is 0.261 e. The van der Waals surface area contributed by atoms with Crippen LogP contribution in [-0.4, -0.2) is 36.0 Å². The van der Waals surface area contributed by atoms with Crippen LogP contribution in [0.1, 0.15) is 33.6 Å². The van der Waals surface area contributed by atoms with Gasteiger partial charge in [0.1, 0.15) is 5.76 Å². The highest BCUT2D eigenvalue weighted by Crippen LogP contribution is 2.29. The second-order valence-electron chi connectivity index (χ2n) is 5.59. The van der Waals surface area contributed by atoms with Gasteiger partial charge in [-0.2, -0.15) is 0 Å². The second-order valence-corrected chi connectivity index (χ2v) is 5.59. The topological polar surface area (TPSA) is 59.8 Å². The van der Waals surface area contributed by atoms with Gasteiger partial charge >= 0.3 is 0 Å². The van der Waals surface area contributed by atoms with E-state index in [1.807, 2.05) is 6.07 Å². The van der Waals surface area contributed by atoms with Gasteiger partial charge in [0.2, 0.25) is 0 Å². The van der Waals surface area contributed by atoms with E-state index in [1.165, 1.54) is 4.90 Å². The summed E-state index contributed by atoms with van der Waals surface area (Å²) in [4.78, 5) is 26.3. The molecule has 1 saturated heterocycles.